The van der Waals surface area contributed by atoms with Gasteiger partial charge in [0.05, 0.1) is 36.9 Å². The summed E-state index contributed by atoms with van der Waals surface area (Å²) in [4.78, 5) is 23.0. The number of nitrogens with two attached hydrogens (primary N) is 1. The standard InChI is InChI=1S/C22H22FN5O4/c1-28-20(29)17-9-15(11-30-2)31-12-22(17,27-21(28)25)16-8-14(3-4-18(16)23)32-19-7-13(10-24)5-6-26-19/h3-8,15,17H,9,11-12H2,1-2H3,(H2,25,27)/t15-,17+,22-/m1/s1. The molecule has 2 aliphatic heterocycles. The van der Waals surface area contributed by atoms with Crippen LogP contribution in [0.25, 0.3) is 0 Å². The lowest BCUT2D eigenvalue weighted by molar-refractivity contribution is -0.148. The van der Waals surface area contributed by atoms with Crippen LogP contribution in [0.5, 0.6) is 11.6 Å². The van der Waals surface area contributed by atoms with Gasteiger partial charge in [-0.2, -0.15) is 5.26 Å². The Morgan fingerprint density at radius 3 is 2.97 bits per heavy atom. The summed E-state index contributed by atoms with van der Waals surface area (Å²) < 4.78 is 32.0. The van der Waals surface area contributed by atoms with E-state index in [1.54, 1.807) is 13.2 Å². The number of nitriles is 1. The van der Waals surface area contributed by atoms with Gasteiger partial charge in [0, 0.05) is 32.0 Å². The van der Waals surface area contributed by atoms with Gasteiger partial charge in [0.15, 0.2) is 5.96 Å². The maximum Gasteiger partial charge on any atom is 0.235 e. The van der Waals surface area contributed by atoms with Gasteiger partial charge in [-0.1, -0.05) is 0 Å². The van der Waals surface area contributed by atoms with Crippen molar-refractivity contribution in [3.8, 4) is 17.7 Å². The van der Waals surface area contributed by atoms with Crippen molar-refractivity contribution in [3.63, 3.8) is 0 Å². The zero-order valence-corrected chi connectivity index (χ0v) is 17.6. The van der Waals surface area contributed by atoms with Crippen LogP contribution in [0.3, 0.4) is 0 Å². The third-order valence-corrected chi connectivity index (χ3v) is 5.74. The Bertz CT molecular complexity index is 1120. The summed E-state index contributed by atoms with van der Waals surface area (Å²) in [5.74, 6) is -1.10. The largest absolute Gasteiger partial charge is 0.439 e. The van der Waals surface area contributed by atoms with Crippen molar-refractivity contribution in [3.05, 3.63) is 53.5 Å². The van der Waals surface area contributed by atoms with Crippen molar-refractivity contribution in [2.75, 3.05) is 27.4 Å². The summed E-state index contributed by atoms with van der Waals surface area (Å²) >= 11 is 0. The number of carbonyl (C=O) groups excluding carboxylic acids is 1. The molecule has 0 bridgehead atoms. The lowest BCUT2D eigenvalue weighted by Gasteiger charge is -2.47. The number of aromatic nitrogens is 1. The molecular weight excluding hydrogens is 417 g/mol. The minimum atomic E-state index is -1.34. The fraction of sp³-hybridized carbons (Fsp3) is 0.364. The van der Waals surface area contributed by atoms with Gasteiger partial charge >= 0.3 is 0 Å². The lowest BCUT2D eigenvalue weighted by Crippen LogP contribution is -2.60. The highest BCUT2D eigenvalue weighted by Gasteiger charge is 2.54. The third kappa shape index (κ3) is 3.77. The Labute approximate surface area is 184 Å². The molecule has 4 rings (SSSR count). The van der Waals surface area contributed by atoms with E-state index in [2.05, 4.69) is 9.98 Å². The van der Waals surface area contributed by atoms with Gasteiger partial charge in [-0.25, -0.2) is 14.4 Å². The smallest absolute Gasteiger partial charge is 0.235 e. The summed E-state index contributed by atoms with van der Waals surface area (Å²) in [7, 11) is 3.08. The highest BCUT2D eigenvalue weighted by Crippen LogP contribution is 2.46. The first-order valence-electron chi connectivity index (χ1n) is 9.95. The molecule has 0 spiro atoms. The number of guanidine groups is 1. The van der Waals surface area contributed by atoms with Crippen LogP contribution < -0.4 is 10.5 Å². The normalized spacial score (nSPS) is 25.0. The Kier molecular flexibility index (Phi) is 5.78. The van der Waals surface area contributed by atoms with Gasteiger partial charge < -0.3 is 19.9 Å². The SMILES string of the molecule is COC[C@H]1C[C@H]2C(=O)N(C)C(N)=N[C@@]2(c2cc(Oc3cc(C#N)ccn3)ccc2F)CO1. The number of nitrogens with zero attached hydrogens (tertiary/aromatic N) is 4. The monoisotopic (exact) mass is 439 g/mol. The van der Waals surface area contributed by atoms with E-state index in [1.807, 2.05) is 6.07 Å². The van der Waals surface area contributed by atoms with Crippen LogP contribution in [0.4, 0.5) is 4.39 Å². The zero-order chi connectivity index (χ0) is 22.9. The van der Waals surface area contributed by atoms with Crippen molar-refractivity contribution in [2.24, 2.45) is 16.6 Å². The second-order valence-electron chi connectivity index (χ2n) is 7.71. The molecule has 3 atom stereocenters. The molecule has 0 saturated carbocycles. The second kappa shape index (κ2) is 8.53. The van der Waals surface area contributed by atoms with Crippen LogP contribution in [-0.4, -0.2) is 55.2 Å². The maximum absolute atomic E-state index is 15.1. The number of pyridine rings is 1. The van der Waals surface area contributed by atoms with E-state index in [-0.39, 0.29) is 41.8 Å². The molecule has 2 aromatic rings. The zero-order valence-electron chi connectivity index (χ0n) is 17.6. The van der Waals surface area contributed by atoms with Crippen molar-refractivity contribution >= 4 is 11.9 Å². The van der Waals surface area contributed by atoms with Crippen molar-refractivity contribution in [1.29, 1.82) is 5.26 Å². The van der Waals surface area contributed by atoms with E-state index in [0.717, 1.165) is 0 Å². The molecule has 10 heteroatoms. The molecule has 1 amide bonds. The molecule has 166 valence electrons. The van der Waals surface area contributed by atoms with Crippen LogP contribution >= 0.6 is 0 Å². The number of carbonyl (C=O) groups is 1. The van der Waals surface area contributed by atoms with Gasteiger partial charge in [0.2, 0.25) is 11.8 Å². The quantitative estimate of drug-likeness (QED) is 0.755. The molecule has 1 fully saturated rings. The van der Waals surface area contributed by atoms with Crippen molar-refractivity contribution in [1.82, 2.24) is 9.88 Å². The third-order valence-electron chi connectivity index (χ3n) is 5.74. The number of ether oxygens (including phenoxy) is 3. The molecular formula is C22H22FN5O4. The molecule has 32 heavy (non-hydrogen) atoms. The fourth-order valence-electron chi connectivity index (χ4n) is 4.10. The van der Waals surface area contributed by atoms with E-state index in [4.69, 9.17) is 25.2 Å². The molecule has 0 unspecified atom stereocenters. The first-order valence-corrected chi connectivity index (χ1v) is 9.95. The molecule has 0 radical (unpaired) electrons. The molecule has 3 heterocycles. The van der Waals surface area contributed by atoms with E-state index in [9.17, 15) is 4.79 Å². The number of fused-ring (bicyclic) bond motifs is 1. The molecule has 9 nitrogen and oxygen atoms in total. The highest BCUT2D eigenvalue weighted by molar-refractivity contribution is 6.00. The van der Waals surface area contributed by atoms with E-state index < -0.39 is 17.3 Å². The number of rotatable bonds is 5. The summed E-state index contributed by atoms with van der Waals surface area (Å²) in [6.45, 7) is 0.254. The number of halogens is 1. The van der Waals surface area contributed by atoms with Crippen LogP contribution in [0.2, 0.25) is 0 Å². The highest BCUT2D eigenvalue weighted by atomic mass is 19.1. The second-order valence-corrected chi connectivity index (χ2v) is 7.71. The number of methoxy groups -OCH3 is 1. The van der Waals surface area contributed by atoms with Gasteiger partial charge in [-0.15, -0.1) is 0 Å². The minimum Gasteiger partial charge on any atom is -0.439 e. The number of amides is 1. The minimum absolute atomic E-state index is 0.0193. The van der Waals surface area contributed by atoms with Crippen LogP contribution in [-0.2, 0) is 19.8 Å². The molecule has 2 aliphatic rings. The first-order chi connectivity index (χ1) is 15.4. The van der Waals surface area contributed by atoms with Crippen LogP contribution in [0.15, 0.2) is 41.5 Å². The summed E-state index contributed by atoms with van der Waals surface area (Å²) in [6, 6.07) is 9.17. The number of benzene rings is 1. The van der Waals surface area contributed by atoms with Crippen molar-refractivity contribution < 1.29 is 23.4 Å². The molecule has 1 aromatic carbocycles. The predicted molar refractivity (Wildman–Crippen MR) is 111 cm³/mol. The number of hydrogen-bond acceptors (Lipinski definition) is 8. The summed E-state index contributed by atoms with van der Waals surface area (Å²) in [5.41, 5.74) is 5.18. The van der Waals surface area contributed by atoms with Gasteiger partial charge in [-0.3, -0.25) is 9.69 Å². The van der Waals surface area contributed by atoms with E-state index in [0.29, 0.717) is 18.6 Å². The predicted octanol–water partition coefficient (Wildman–Crippen LogP) is 1.92. The lowest BCUT2D eigenvalue weighted by atomic mass is 9.72. The molecule has 1 saturated heterocycles. The number of hydrogen-bond donors (Lipinski definition) is 1. The van der Waals surface area contributed by atoms with E-state index >= 15 is 4.39 Å². The van der Waals surface area contributed by atoms with Gasteiger partial charge in [0.25, 0.3) is 0 Å². The average molecular weight is 439 g/mol. The first kappa shape index (κ1) is 21.7. The fourth-order valence-corrected chi connectivity index (χ4v) is 4.10. The topological polar surface area (TPSA) is 123 Å². The average Bonchev–Trinajstić information content (AvgIpc) is 2.80. The maximum atomic E-state index is 15.1. The Balaban J connectivity index is 1.76. The van der Waals surface area contributed by atoms with Crippen LogP contribution in [0.1, 0.15) is 17.5 Å². The van der Waals surface area contributed by atoms with Crippen molar-refractivity contribution in [2.45, 2.75) is 18.1 Å². The van der Waals surface area contributed by atoms with Gasteiger partial charge in [-0.05, 0) is 30.7 Å². The van der Waals surface area contributed by atoms with Crippen LogP contribution in [0, 0.1) is 23.1 Å². The summed E-state index contributed by atoms with van der Waals surface area (Å²) in [5, 5.41) is 9.07. The van der Waals surface area contributed by atoms with E-state index in [1.165, 1.54) is 42.4 Å². The summed E-state index contributed by atoms with van der Waals surface area (Å²) in [6.07, 6.45) is 1.41. The Hall–Kier alpha value is -3.55. The van der Waals surface area contributed by atoms with Gasteiger partial charge in [0.1, 0.15) is 17.1 Å². The molecule has 1 aromatic heterocycles. The molecule has 0 aliphatic carbocycles. The Morgan fingerprint density at radius 1 is 1.41 bits per heavy atom. The Morgan fingerprint density at radius 2 is 2.22 bits per heavy atom. The number of aliphatic imine (C=N–C) groups is 1. The molecule has 2 N–H and O–H groups in total.